The Bertz CT molecular complexity index is 474. The van der Waals surface area contributed by atoms with Gasteiger partial charge in [-0.2, -0.15) is 0 Å². The van der Waals surface area contributed by atoms with Crippen molar-refractivity contribution in [2.24, 2.45) is 11.8 Å². The number of ketones is 1. The zero-order valence-corrected chi connectivity index (χ0v) is 10.7. The third-order valence-corrected chi connectivity index (χ3v) is 3.77. The summed E-state index contributed by atoms with van der Waals surface area (Å²) in [6.07, 6.45) is 2.39. The third-order valence-electron chi connectivity index (χ3n) is 3.77. The van der Waals surface area contributed by atoms with Gasteiger partial charge in [0.1, 0.15) is 0 Å². The van der Waals surface area contributed by atoms with Crippen LogP contribution < -0.4 is 0 Å². The van der Waals surface area contributed by atoms with Crippen LogP contribution in [0.5, 0.6) is 0 Å². The van der Waals surface area contributed by atoms with E-state index in [4.69, 9.17) is 5.11 Å². The predicted molar refractivity (Wildman–Crippen MR) is 68.7 cm³/mol. The van der Waals surface area contributed by atoms with Gasteiger partial charge in [-0.15, -0.1) is 0 Å². The molecule has 0 heterocycles. The Morgan fingerprint density at radius 3 is 2.44 bits per heavy atom. The third kappa shape index (κ3) is 2.61. The lowest BCUT2D eigenvalue weighted by Crippen LogP contribution is -2.25. The number of carbonyl (C=O) groups is 2. The molecule has 1 aromatic carbocycles. The smallest absolute Gasteiger partial charge is 0.306 e. The zero-order chi connectivity index (χ0) is 13.3. The van der Waals surface area contributed by atoms with Gasteiger partial charge in [0.05, 0.1) is 5.92 Å². The second-order valence-corrected chi connectivity index (χ2v) is 5.18. The Balaban J connectivity index is 2.17. The lowest BCUT2D eigenvalue weighted by Gasteiger charge is -2.15. The maximum absolute atomic E-state index is 12.2. The lowest BCUT2D eigenvalue weighted by molar-refractivity contribution is -0.142. The maximum atomic E-state index is 12.2. The van der Waals surface area contributed by atoms with E-state index in [0.717, 1.165) is 0 Å². The zero-order valence-electron chi connectivity index (χ0n) is 10.7. The minimum atomic E-state index is -0.922. The standard InChI is InChI=1S/C15H18O3/c1-9(10(2)15(17)18)14(16)13-5-3-4-12(8-13)11-6-7-11/h3-5,8-11H,6-7H2,1-2H3,(H,17,18). The summed E-state index contributed by atoms with van der Waals surface area (Å²) in [5.74, 6) is -1.54. The summed E-state index contributed by atoms with van der Waals surface area (Å²) in [6.45, 7) is 3.26. The Hall–Kier alpha value is -1.64. The first-order chi connectivity index (χ1) is 8.50. The van der Waals surface area contributed by atoms with Crippen LogP contribution in [0.2, 0.25) is 0 Å². The van der Waals surface area contributed by atoms with Crippen molar-refractivity contribution in [3.63, 3.8) is 0 Å². The highest BCUT2D eigenvalue weighted by atomic mass is 16.4. The molecule has 0 spiro atoms. The Kier molecular flexibility index (Phi) is 3.50. The van der Waals surface area contributed by atoms with Crippen molar-refractivity contribution in [2.45, 2.75) is 32.6 Å². The van der Waals surface area contributed by atoms with Gasteiger partial charge in [-0.25, -0.2) is 0 Å². The summed E-state index contributed by atoms with van der Waals surface area (Å²) in [7, 11) is 0. The highest BCUT2D eigenvalue weighted by molar-refractivity contribution is 5.99. The minimum Gasteiger partial charge on any atom is -0.481 e. The van der Waals surface area contributed by atoms with Crippen LogP contribution in [0.4, 0.5) is 0 Å². The van der Waals surface area contributed by atoms with Gasteiger partial charge in [-0.05, 0) is 30.4 Å². The monoisotopic (exact) mass is 246 g/mol. The van der Waals surface area contributed by atoms with E-state index in [1.807, 2.05) is 18.2 Å². The first-order valence-electron chi connectivity index (χ1n) is 6.37. The normalized spacial score (nSPS) is 18.1. The van der Waals surface area contributed by atoms with Crippen LogP contribution in [0.3, 0.4) is 0 Å². The molecule has 2 rings (SSSR count). The summed E-state index contributed by atoms with van der Waals surface area (Å²) in [5, 5.41) is 8.95. The molecule has 3 heteroatoms. The fourth-order valence-corrected chi connectivity index (χ4v) is 2.07. The average Bonchev–Trinajstić information content (AvgIpc) is 3.20. The van der Waals surface area contributed by atoms with E-state index in [2.05, 4.69) is 0 Å². The molecule has 1 saturated carbocycles. The van der Waals surface area contributed by atoms with Crippen molar-refractivity contribution in [1.82, 2.24) is 0 Å². The fourth-order valence-electron chi connectivity index (χ4n) is 2.07. The van der Waals surface area contributed by atoms with E-state index < -0.39 is 17.8 Å². The van der Waals surface area contributed by atoms with Gasteiger partial charge < -0.3 is 5.11 Å². The molecule has 2 atom stereocenters. The fraction of sp³-hybridized carbons (Fsp3) is 0.467. The molecule has 1 aliphatic rings. The Labute approximate surface area is 107 Å². The molecule has 0 amide bonds. The molecule has 0 radical (unpaired) electrons. The first kappa shape index (κ1) is 12.8. The van der Waals surface area contributed by atoms with E-state index in [-0.39, 0.29) is 5.78 Å². The molecule has 1 fully saturated rings. The van der Waals surface area contributed by atoms with E-state index in [9.17, 15) is 9.59 Å². The molecule has 96 valence electrons. The van der Waals surface area contributed by atoms with Gasteiger partial charge >= 0.3 is 5.97 Å². The maximum Gasteiger partial charge on any atom is 0.306 e. The Morgan fingerprint density at radius 2 is 1.89 bits per heavy atom. The number of rotatable bonds is 5. The number of hydrogen-bond acceptors (Lipinski definition) is 2. The number of benzene rings is 1. The summed E-state index contributed by atoms with van der Waals surface area (Å²) < 4.78 is 0. The molecule has 3 nitrogen and oxygen atoms in total. The SMILES string of the molecule is CC(C(=O)O)C(C)C(=O)c1cccc(C2CC2)c1. The molecular weight excluding hydrogens is 228 g/mol. The number of hydrogen-bond donors (Lipinski definition) is 1. The van der Waals surface area contributed by atoms with Crippen molar-refractivity contribution in [2.75, 3.05) is 0 Å². The van der Waals surface area contributed by atoms with Gasteiger partial charge in [0.25, 0.3) is 0 Å². The number of aliphatic carboxylic acids is 1. The molecule has 0 aromatic heterocycles. The Morgan fingerprint density at radius 1 is 1.22 bits per heavy atom. The summed E-state index contributed by atoms with van der Waals surface area (Å²) in [6, 6.07) is 7.63. The molecule has 18 heavy (non-hydrogen) atoms. The summed E-state index contributed by atoms with van der Waals surface area (Å²) in [5.41, 5.74) is 1.84. The lowest BCUT2D eigenvalue weighted by atomic mass is 9.88. The minimum absolute atomic E-state index is 0.0765. The molecule has 0 aliphatic heterocycles. The highest BCUT2D eigenvalue weighted by Gasteiger charge is 2.28. The van der Waals surface area contributed by atoms with Crippen molar-refractivity contribution in [1.29, 1.82) is 0 Å². The van der Waals surface area contributed by atoms with Crippen molar-refractivity contribution < 1.29 is 14.7 Å². The van der Waals surface area contributed by atoms with Crippen LogP contribution in [0.25, 0.3) is 0 Å². The van der Waals surface area contributed by atoms with Gasteiger partial charge in [0.2, 0.25) is 0 Å². The highest BCUT2D eigenvalue weighted by Crippen LogP contribution is 2.40. The molecule has 0 bridgehead atoms. The number of carboxylic acids is 1. The van der Waals surface area contributed by atoms with Crippen molar-refractivity contribution >= 4 is 11.8 Å². The summed E-state index contributed by atoms with van der Waals surface area (Å²) >= 11 is 0. The molecule has 1 aromatic rings. The van der Waals surface area contributed by atoms with Crippen LogP contribution in [0, 0.1) is 11.8 Å². The molecule has 2 unspecified atom stereocenters. The van der Waals surface area contributed by atoms with Crippen LogP contribution in [-0.2, 0) is 4.79 Å². The molecule has 1 N–H and O–H groups in total. The number of Topliss-reactive ketones (excluding diaryl/α,β-unsaturated/α-hetero) is 1. The largest absolute Gasteiger partial charge is 0.481 e. The first-order valence-corrected chi connectivity index (χ1v) is 6.37. The van der Waals surface area contributed by atoms with Gasteiger partial charge in [-0.1, -0.05) is 32.0 Å². The molecule has 0 saturated heterocycles. The van der Waals surface area contributed by atoms with Crippen LogP contribution in [0.15, 0.2) is 24.3 Å². The second-order valence-electron chi connectivity index (χ2n) is 5.18. The van der Waals surface area contributed by atoms with Gasteiger partial charge in [-0.3, -0.25) is 9.59 Å². The predicted octanol–water partition coefficient (Wildman–Crippen LogP) is 3.10. The second kappa shape index (κ2) is 4.92. The van der Waals surface area contributed by atoms with Gasteiger partial charge in [0.15, 0.2) is 5.78 Å². The van der Waals surface area contributed by atoms with Crippen LogP contribution >= 0.6 is 0 Å². The summed E-state index contributed by atoms with van der Waals surface area (Å²) in [4.78, 5) is 23.1. The molecule has 1 aliphatic carbocycles. The topological polar surface area (TPSA) is 54.4 Å². The molecular formula is C15H18O3. The quantitative estimate of drug-likeness (QED) is 0.812. The van der Waals surface area contributed by atoms with Gasteiger partial charge in [0, 0.05) is 11.5 Å². The van der Waals surface area contributed by atoms with E-state index in [0.29, 0.717) is 11.5 Å². The number of carboxylic acid groups (broad SMARTS) is 1. The van der Waals surface area contributed by atoms with E-state index in [1.54, 1.807) is 19.9 Å². The van der Waals surface area contributed by atoms with E-state index >= 15 is 0 Å². The number of carbonyl (C=O) groups excluding carboxylic acids is 1. The van der Waals surface area contributed by atoms with Crippen LogP contribution in [-0.4, -0.2) is 16.9 Å². The van der Waals surface area contributed by atoms with Crippen molar-refractivity contribution in [3.8, 4) is 0 Å². The average molecular weight is 246 g/mol. The van der Waals surface area contributed by atoms with Crippen LogP contribution in [0.1, 0.15) is 48.5 Å². The van der Waals surface area contributed by atoms with Crippen molar-refractivity contribution in [3.05, 3.63) is 35.4 Å². The van der Waals surface area contributed by atoms with E-state index in [1.165, 1.54) is 18.4 Å².